The number of rotatable bonds is 7. The molecule has 0 saturated heterocycles. The van der Waals surface area contributed by atoms with E-state index >= 15 is 0 Å². The summed E-state index contributed by atoms with van der Waals surface area (Å²) in [6.07, 6.45) is -0.0951. The lowest BCUT2D eigenvalue weighted by Gasteiger charge is -2.08. The first kappa shape index (κ1) is 21.1. The van der Waals surface area contributed by atoms with Crippen LogP contribution in [0.5, 0.6) is 0 Å². The number of aryl methyl sites for hydroxylation is 1. The van der Waals surface area contributed by atoms with Gasteiger partial charge in [-0.3, -0.25) is 5.32 Å². The number of carbonyl (C=O) groups is 1. The van der Waals surface area contributed by atoms with Gasteiger partial charge >= 0.3 is 11.7 Å². The Labute approximate surface area is 184 Å². The van der Waals surface area contributed by atoms with Gasteiger partial charge in [-0.2, -0.15) is 0 Å². The van der Waals surface area contributed by atoms with Crippen molar-refractivity contribution >= 4 is 45.8 Å². The highest BCUT2D eigenvalue weighted by Crippen LogP contribution is 2.28. The molecule has 1 amide bonds. The van der Waals surface area contributed by atoms with Gasteiger partial charge in [0, 0.05) is 34.3 Å². The molecular weight excluding hydrogens is 440 g/mol. The van der Waals surface area contributed by atoms with Crippen LogP contribution in [0.25, 0.3) is 11.0 Å². The van der Waals surface area contributed by atoms with Crippen LogP contribution < -0.4 is 10.9 Å². The zero-order valence-corrected chi connectivity index (χ0v) is 18.3. The summed E-state index contributed by atoms with van der Waals surface area (Å²) in [6.45, 7) is 3.92. The molecule has 0 saturated carbocycles. The minimum Gasteiger partial charge on any atom is -0.450 e. The van der Waals surface area contributed by atoms with Gasteiger partial charge in [-0.05, 0) is 31.5 Å². The number of ether oxygens (including phenoxy) is 1. The van der Waals surface area contributed by atoms with E-state index in [9.17, 15) is 9.59 Å². The molecule has 0 bridgehead atoms. The van der Waals surface area contributed by atoms with Crippen LogP contribution in [-0.2, 0) is 16.9 Å². The highest BCUT2D eigenvalue weighted by atomic mass is 32.2. The number of thiazole rings is 1. The average Bonchev–Trinajstić information content (AvgIpc) is 3.34. The van der Waals surface area contributed by atoms with E-state index in [1.807, 2.05) is 12.3 Å². The largest absolute Gasteiger partial charge is 0.450 e. The second kappa shape index (κ2) is 9.31. The third-order valence-electron chi connectivity index (χ3n) is 4.15. The number of benzene rings is 1. The molecule has 0 unspecified atom stereocenters. The van der Waals surface area contributed by atoms with Crippen molar-refractivity contribution in [3.63, 3.8) is 0 Å². The Hall–Kier alpha value is -3.18. The van der Waals surface area contributed by atoms with Crippen LogP contribution >= 0.6 is 23.1 Å². The van der Waals surface area contributed by atoms with Crippen molar-refractivity contribution in [1.82, 2.24) is 15.2 Å². The maximum absolute atomic E-state index is 12.0. The fourth-order valence-electron chi connectivity index (χ4n) is 2.86. The van der Waals surface area contributed by atoms with E-state index in [1.165, 1.54) is 17.8 Å². The van der Waals surface area contributed by atoms with E-state index in [2.05, 4.69) is 20.5 Å². The predicted octanol–water partition coefficient (Wildman–Crippen LogP) is 4.39. The number of anilines is 1. The summed E-state index contributed by atoms with van der Waals surface area (Å²) >= 11 is 2.90. The Kier molecular flexibility index (Phi) is 6.33. The SMILES string of the molecule is CCOC(=O)Nc1ccc2c(CSc3nnc(Cc4csc(C)n4)o3)cc(=O)oc2c1. The molecule has 9 nitrogen and oxygen atoms in total. The molecule has 3 heterocycles. The number of nitrogens with one attached hydrogen (secondary N) is 1. The van der Waals surface area contributed by atoms with E-state index in [0.29, 0.717) is 34.6 Å². The Morgan fingerprint density at radius 1 is 1.26 bits per heavy atom. The Bertz CT molecular complexity index is 1280. The van der Waals surface area contributed by atoms with Crippen LogP contribution in [0.15, 0.2) is 48.5 Å². The second-order valence-corrected chi connectivity index (χ2v) is 8.42. The molecule has 0 atom stereocenters. The number of aromatic nitrogens is 3. The van der Waals surface area contributed by atoms with E-state index in [-0.39, 0.29) is 6.61 Å². The topological polar surface area (TPSA) is 120 Å². The third kappa shape index (κ3) is 5.30. The zero-order chi connectivity index (χ0) is 21.8. The lowest BCUT2D eigenvalue weighted by atomic mass is 10.1. The summed E-state index contributed by atoms with van der Waals surface area (Å²) in [5.41, 5.74) is 2.00. The molecule has 0 spiro atoms. The van der Waals surface area contributed by atoms with Crippen LogP contribution in [0, 0.1) is 6.92 Å². The van der Waals surface area contributed by atoms with Crippen molar-refractivity contribution in [2.75, 3.05) is 11.9 Å². The number of carbonyl (C=O) groups excluding carboxylic acids is 1. The van der Waals surface area contributed by atoms with Gasteiger partial charge in [0.25, 0.3) is 5.22 Å². The van der Waals surface area contributed by atoms with Gasteiger partial charge in [-0.1, -0.05) is 11.8 Å². The Morgan fingerprint density at radius 3 is 2.90 bits per heavy atom. The quantitative estimate of drug-likeness (QED) is 0.317. The fourth-order valence-corrected chi connectivity index (χ4v) is 4.25. The van der Waals surface area contributed by atoms with E-state index in [0.717, 1.165) is 21.7 Å². The Morgan fingerprint density at radius 2 is 2.13 bits per heavy atom. The molecule has 0 aliphatic rings. The van der Waals surface area contributed by atoms with Gasteiger partial charge in [0.2, 0.25) is 5.89 Å². The van der Waals surface area contributed by atoms with Crippen LogP contribution in [-0.4, -0.2) is 27.9 Å². The van der Waals surface area contributed by atoms with Gasteiger partial charge in [0.1, 0.15) is 5.58 Å². The Balaban J connectivity index is 1.48. The molecule has 160 valence electrons. The molecule has 0 radical (unpaired) electrons. The standard InChI is InChI=1S/C20H18N4O5S2/c1-3-27-19(26)22-13-4-5-15-12(6-18(25)28-16(15)7-13)9-31-20-24-23-17(29-20)8-14-10-30-11(2)21-14/h4-7,10H,3,8-9H2,1-2H3,(H,22,26). The van der Waals surface area contributed by atoms with Crippen LogP contribution in [0.3, 0.4) is 0 Å². The molecule has 0 aliphatic carbocycles. The molecule has 0 aliphatic heterocycles. The van der Waals surface area contributed by atoms with Gasteiger partial charge in [-0.25, -0.2) is 14.6 Å². The van der Waals surface area contributed by atoms with Crippen molar-refractivity contribution in [3.8, 4) is 0 Å². The number of hydrogen-bond acceptors (Lipinski definition) is 10. The minimum atomic E-state index is -0.573. The van der Waals surface area contributed by atoms with E-state index in [4.69, 9.17) is 13.6 Å². The van der Waals surface area contributed by atoms with Crippen LogP contribution in [0.4, 0.5) is 10.5 Å². The van der Waals surface area contributed by atoms with E-state index < -0.39 is 11.7 Å². The van der Waals surface area contributed by atoms with Crippen molar-refractivity contribution < 1.29 is 18.4 Å². The summed E-state index contributed by atoms with van der Waals surface area (Å²) in [5, 5.41) is 14.8. The van der Waals surface area contributed by atoms with Crippen molar-refractivity contribution in [2.24, 2.45) is 0 Å². The zero-order valence-electron chi connectivity index (χ0n) is 16.7. The first-order valence-corrected chi connectivity index (χ1v) is 11.2. The third-order valence-corrected chi connectivity index (χ3v) is 5.84. The number of amides is 1. The maximum Gasteiger partial charge on any atom is 0.411 e. The average molecular weight is 459 g/mol. The van der Waals surface area contributed by atoms with Crippen LogP contribution in [0.1, 0.15) is 29.1 Å². The van der Waals surface area contributed by atoms with Gasteiger partial charge in [0.05, 0.1) is 23.7 Å². The monoisotopic (exact) mass is 458 g/mol. The number of fused-ring (bicyclic) bond motifs is 1. The molecule has 4 aromatic rings. The molecule has 3 aromatic heterocycles. The molecule has 0 fully saturated rings. The van der Waals surface area contributed by atoms with Gasteiger partial charge in [0.15, 0.2) is 0 Å². The van der Waals surface area contributed by atoms with E-state index in [1.54, 1.807) is 36.5 Å². The van der Waals surface area contributed by atoms with Crippen molar-refractivity contribution in [1.29, 1.82) is 0 Å². The minimum absolute atomic E-state index is 0.261. The lowest BCUT2D eigenvalue weighted by Crippen LogP contribution is -2.13. The highest BCUT2D eigenvalue weighted by Gasteiger charge is 2.13. The molecule has 1 N–H and O–H groups in total. The predicted molar refractivity (Wildman–Crippen MR) is 117 cm³/mol. The molecular formula is C20H18N4O5S2. The van der Waals surface area contributed by atoms with Gasteiger partial charge < -0.3 is 13.6 Å². The summed E-state index contributed by atoms with van der Waals surface area (Å²) in [5.74, 6) is 0.921. The smallest absolute Gasteiger partial charge is 0.411 e. The first-order valence-electron chi connectivity index (χ1n) is 9.37. The fraction of sp³-hybridized carbons (Fsp3) is 0.250. The van der Waals surface area contributed by atoms with Crippen molar-refractivity contribution in [3.05, 3.63) is 62.2 Å². The number of thioether (sulfide) groups is 1. The summed E-state index contributed by atoms with van der Waals surface area (Å²) in [7, 11) is 0. The molecule has 11 heteroatoms. The van der Waals surface area contributed by atoms with Gasteiger partial charge in [-0.15, -0.1) is 21.5 Å². The molecule has 31 heavy (non-hydrogen) atoms. The van der Waals surface area contributed by atoms with Crippen LogP contribution in [0.2, 0.25) is 0 Å². The normalized spacial score (nSPS) is 11.0. The first-order chi connectivity index (χ1) is 15.0. The highest BCUT2D eigenvalue weighted by molar-refractivity contribution is 7.98. The number of hydrogen-bond donors (Lipinski definition) is 1. The summed E-state index contributed by atoms with van der Waals surface area (Å²) in [4.78, 5) is 28.0. The van der Waals surface area contributed by atoms with Crippen molar-refractivity contribution in [2.45, 2.75) is 31.2 Å². The summed E-state index contributed by atoms with van der Waals surface area (Å²) < 4.78 is 15.8. The number of nitrogens with zero attached hydrogens (tertiary/aromatic N) is 3. The second-order valence-electron chi connectivity index (χ2n) is 6.43. The molecule has 1 aromatic carbocycles. The lowest BCUT2D eigenvalue weighted by molar-refractivity contribution is 0.168. The summed E-state index contributed by atoms with van der Waals surface area (Å²) in [6, 6.07) is 6.51. The maximum atomic E-state index is 12.0. The molecule has 4 rings (SSSR count).